The molecule has 0 amide bonds. The van der Waals surface area contributed by atoms with Gasteiger partial charge in [0.1, 0.15) is 5.82 Å². The number of allylic oxidation sites excluding steroid dienone is 3. The molecular weight excluding hydrogens is 522 g/mol. The van der Waals surface area contributed by atoms with Crippen LogP contribution in [0.15, 0.2) is 82.2 Å². The van der Waals surface area contributed by atoms with Gasteiger partial charge < -0.3 is 5.73 Å². The van der Waals surface area contributed by atoms with Gasteiger partial charge in [0.25, 0.3) is 0 Å². The van der Waals surface area contributed by atoms with E-state index < -0.39 is 5.92 Å². The molecule has 0 bridgehead atoms. The van der Waals surface area contributed by atoms with Gasteiger partial charge in [-0.3, -0.25) is 9.69 Å². The molecule has 0 aromatic heterocycles. The normalized spacial score (nSPS) is 17.4. The Morgan fingerprint density at radius 3 is 2.54 bits per heavy atom. The fraction of sp³-hybridized carbons (Fsp3) is 0.273. The van der Waals surface area contributed by atoms with Gasteiger partial charge in [0.2, 0.25) is 0 Å². The van der Waals surface area contributed by atoms with Gasteiger partial charge in [-0.05, 0) is 86.6 Å². The van der Waals surface area contributed by atoms with E-state index in [-0.39, 0.29) is 5.78 Å². The molecule has 198 valence electrons. The number of nitriles is 1. The first-order chi connectivity index (χ1) is 18.7. The highest BCUT2D eigenvalue weighted by Gasteiger charge is 2.41. The monoisotopic (exact) mass is 553 g/mol. The second-order valence-corrected chi connectivity index (χ2v) is 11.9. The lowest BCUT2D eigenvalue weighted by Gasteiger charge is -2.40. The third-order valence-corrected chi connectivity index (χ3v) is 9.45. The van der Waals surface area contributed by atoms with Crippen LogP contribution in [0.25, 0.3) is 0 Å². The minimum Gasteiger partial charge on any atom is -0.384 e. The molecule has 1 heterocycles. The van der Waals surface area contributed by atoms with Crippen molar-refractivity contribution in [3.05, 3.63) is 116 Å². The molecule has 1 aliphatic carbocycles. The van der Waals surface area contributed by atoms with E-state index in [0.717, 1.165) is 45.8 Å². The van der Waals surface area contributed by atoms with E-state index in [1.165, 1.54) is 16.0 Å². The SMILES string of the molecule is Cc1cc(CSc2ccccc2C)c(C)c(C2C(C#N)=C(N)N(c3ccc(C)c(Cl)c3)C3=C2C(=O)CCC3)c1. The van der Waals surface area contributed by atoms with Gasteiger partial charge in [0.05, 0.1) is 17.6 Å². The van der Waals surface area contributed by atoms with Gasteiger partial charge in [0.15, 0.2) is 5.78 Å². The number of rotatable bonds is 5. The molecule has 0 radical (unpaired) electrons. The zero-order valence-electron chi connectivity index (χ0n) is 22.8. The lowest BCUT2D eigenvalue weighted by molar-refractivity contribution is -0.116. The molecule has 1 aliphatic heterocycles. The van der Waals surface area contributed by atoms with Crippen molar-refractivity contribution >= 4 is 34.8 Å². The molecule has 2 N–H and O–H groups in total. The van der Waals surface area contributed by atoms with Crippen LogP contribution < -0.4 is 10.6 Å². The maximum Gasteiger partial charge on any atom is 0.161 e. The summed E-state index contributed by atoms with van der Waals surface area (Å²) in [5.74, 6) is 0.763. The largest absolute Gasteiger partial charge is 0.384 e. The second kappa shape index (κ2) is 11.0. The highest BCUT2D eigenvalue weighted by Crippen LogP contribution is 2.48. The van der Waals surface area contributed by atoms with E-state index in [1.54, 1.807) is 0 Å². The minimum atomic E-state index is -0.489. The number of hydrogen-bond acceptors (Lipinski definition) is 5. The van der Waals surface area contributed by atoms with Crippen LogP contribution in [0, 0.1) is 39.0 Å². The smallest absolute Gasteiger partial charge is 0.161 e. The average Bonchev–Trinajstić information content (AvgIpc) is 2.91. The Hall–Kier alpha value is -3.46. The Kier molecular flexibility index (Phi) is 7.62. The standard InChI is InChI=1S/C33H32ClN3OS/c1-19-14-23(18-39-30-11-6-5-8-21(30)3)22(4)25(15-19)31-26(17-35)33(36)37(24-13-12-20(2)27(34)16-24)28-9-7-10-29(38)32(28)31/h5-6,8,11-16,31H,7,9-10,18,36H2,1-4H3. The first-order valence-electron chi connectivity index (χ1n) is 13.2. The number of aryl methyl sites for hydroxylation is 3. The van der Waals surface area contributed by atoms with Gasteiger partial charge in [-0.2, -0.15) is 5.26 Å². The number of halogens is 1. The van der Waals surface area contributed by atoms with Crippen molar-refractivity contribution in [3.63, 3.8) is 0 Å². The van der Waals surface area contributed by atoms with Crippen LogP contribution in [0.5, 0.6) is 0 Å². The molecule has 0 fully saturated rings. The fourth-order valence-electron chi connectivity index (χ4n) is 5.70. The number of hydrogen-bond donors (Lipinski definition) is 1. The van der Waals surface area contributed by atoms with Crippen molar-refractivity contribution < 1.29 is 4.79 Å². The van der Waals surface area contributed by atoms with Crippen LogP contribution in [-0.2, 0) is 10.5 Å². The lowest BCUT2D eigenvalue weighted by Crippen LogP contribution is -2.39. The van der Waals surface area contributed by atoms with Crippen LogP contribution in [0.2, 0.25) is 5.02 Å². The quantitative estimate of drug-likeness (QED) is 0.323. The van der Waals surface area contributed by atoms with Crippen molar-refractivity contribution in [2.75, 3.05) is 4.90 Å². The number of carbonyl (C=O) groups excluding carboxylic acids is 1. The second-order valence-electron chi connectivity index (χ2n) is 10.4. The predicted octanol–water partition coefficient (Wildman–Crippen LogP) is 8.17. The maximum atomic E-state index is 13.6. The number of benzene rings is 3. The zero-order chi connectivity index (χ0) is 27.8. The van der Waals surface area contributed by atoms with E-state index in [0.29, 0.717) is 34.8 Å². The maximum absolute atomic E-state index is 13.6. The molecule has 1 unspecified atom stereocenters. The number of carbonyl (C=O) groups is 1. The van der Waals surface area contributed by atoms with Gasteiger partial charge in [-0.25, -0.2) is 0 Å². The number of ketones is 1. The van der Waals surface area contributed by atoms with E-state index in [1.807, 2.05) is 41.8 Å². The molecule has 39 heavy (non-hydrogen) atoms. The molecule has 4 nitrogen and oxygen atoms in total. The van der Waals surface area contributed by atoms with Crippen molar-refractivity contribution in [2.45, 2.75) is 63.5 Å². The highest BCUT2D eigenvalue weighted by molar-refractivity contribution is 7.98. The number of nitrogens with two attached hydrogens (primary N) is 1. The van der Waals surface area contributed by atoms with Crippen molar-refractivity contribution in [1.82, 2.24) is 0 Å². The Bertz CT molecular complexity index is 1600. The van der Waals surface area contributed by atoms with Crippen LogP contribution >= 0.6 is 23.4 Å². The first-order valence-corrected chi connectivity index (χ1v) is 14.6. The topological polar surface area (TPSA) is 70.1 Å². The summed E-state index contributed by atoms with van der Waals surface area (Å²) in [6.45, 7) is 8.25. The third-order valence-electron chi connectivity index (χ3n) is 7.81. The number of anilines is 1. The molecule has 3 aromatic rings. The van der Waals surface area contributed by atoms with Crippen molar-refractivity contribution in [2.24, 2.45) is 5.73 Å². The minimum absolute atomic E-state index is 0.0847. The van der Waals surface area contributed by atoms with Crippen LogP contribution in [0.3, 0.4) is 0 Å². The molecule has 5 rings (SSSR count). The summed E-state index contributed by atoms with van der Waals surface area (Å²) < 4.78 is 0. The van der Waals surface area contributed by atoms with Gasteiger partial charge in [-0.1, -0.05) is 53.6 Å². The molecule has 0 spiro atoms. The molecule has 0 saturated carbocycles. The predicted molar refractivity (Wildman–Crippen MR) is 161 cm³/mol. The summed E-state index contributed by atoms with van der Waals surface area (Å²) >= 11 is 8.29. The Morgan fingerprint density at radius 2 is 1.82 bits per heavy atom. The summed E-state index contributed by atoms with van der Waals surface area (Å²) in [4.78, 5) is 16.8. The van der Waals surface area contributed by atoms with Gasteiger partial charge in [-0.15, -0.1) is 11.8 Å². The first kappa shape index (κ1) is 27.1. The Morgan fingerprint density at radius 1 is 1.05 bits per heavy atom. The lowest BCUT2D eigenvalue weighted by atomic mass is 9.73. The van der Waals surface area contributed by atoms with Crippen LogP contribution in [0.4, 0.5) is 5.69 Å². The molecule has 6 heteroatoms. The number of thioether (sulfide) groups is 1. The Labute approximate surface area is 240 Å². The molecule has 2 aliphatic rings. The Balaban J connectivity index is 1.65. The van der Waals surface area contributed by atoms with Gasteiger partial charge in [0, 0.05) is 39.0 Å². The summed E-state index contributed by atoms with van der Waals surface area (Å²) in [5, 5.41) is 11.1. The van der Waals surface area contributed by atoms with Gasteiger partial charge >= 0.3 is 0 Å². The van der Waals surface area contributed by atoms with E-state index >= 15 is 0 Å². The number of Topliss-reactive ketones (excluding diaryl/α,β-unsaturated/α-hetero) is 1. The average molecular weight is 554 g/mol. The summed E-state index contributed by atoms with van der Waals surface area (Å²) in [6.07, 6.45) is 1.93. The van der Waals surface area contributed by atoms with E-state index in [2.05, 4.69) is 63.2 Å². The van der Waals surface area contributed by atoms with Crippen molar-refractivity contribution in [1.29, 1.82) is 5.26 Å². The summed E-state index contributed by atoms with van der Waals surface area (Å²) in [5.41, 5.74) is 16.1. The molecule has 1 atom stereocenters. The summed E-state index contributed by atoms with van der Waals surface area (Å²) in [6, 6.07) is 20.9. The summed E-state index contributed by atoms with van der Waals surface area (Å²) in [7, 11) is 0. The van der Waals surface area contributed by atoms with Crippen LogP contribution in [0.1, 0.15) is 58.6 Å². The zero-order valence-corrected chi connectivity index (χ0v) is 24.3. The number of nitrogens with zero attached hydrogens (tertiary/aromatic N) is 2. The molecular formula is C33H32ClN3OS. The van der Waals surface area contributed by atoms with E-state index in [9.17, 15) is 10.1 Å². The van der Waals surface area contributed by atoms with E-state index in [4.69, 9.17) is 17.3 Å². The van der Waals surface area contributed by atoms with Crippen molar-refractivity contribution in [3.8, 4) is 6.07 Å². The molecule has 0 saturated heterocycles. The fourth-order valence-corrected chi connectivity index (χ4v) is 6.96. The highest BCUT2D eigenvalue weighted by atomic mass is 35.5. The third kappa shape index (κ3) is 5.00. The van der Waals surface area contributed by atoms with Crippen LogP contribution in [-0.4, -0.2) is 5.78 Å². The molecule has 3 aromatic carbocycles.